The lowest BCUT2D eigenvalue weighted by atomic mass is 9.68. The maximum Gasteiger partial charge on any atom is 0.310 e. The molecular formula is C11H18O3. The molecule has 14 heavy (non-hydrogen) atoms. The molecule has 0 spiro atoms. The molecule has 80 valence electrons. The number of carboxylic acids is 1. The van der Waals surface area contributed by atoms with E-state index in [0.29, 0.717) is 0 Å². The van der Waals surface area contributed by atoms with Gasteiger partial charge in [0.1, 0.15) is 6.29 Å². The second kappa shape index (κ2) is 4.58. The topological polar surface area (TPSA) is 54.4 Å². The number of hydrogen-bond donors (Lipinski definition) is 1. The van der Waals surface area contributed by atoms with Crippen LogP contribution in [0.1, 0.15) is 45.4 Å². The summed E-state index contributed by atoms with van der Waals surface area (Å²) in [6, 6.07) is 0. The van der Waals surface area contributed by atoms with Crippen molar-refractivity contribution < 1.29 is 14.7 Å². The van der Waals surface area contributed by atoms with Crippen molar-refractivity contribution in [2.24, 2.45) is 11.3 Å². The van der Waals surface area contributed by atoms with Crippen LogP contribution in [0.3, 0.4) is 0 Å². The fourth-order valence-corrected chi connectivity index (χ4v) is 2.34. The van der Waals surface area contributed by atoms with Gasteiger partial charge in [-0.05, 0) is 25.7 Å². The van der Waals surface area contributed by atoms with Crippen LogP contribution < -0.4 is 0 Å². The van der Waals surface area contributed by atoms with Crippen molar-refractivity contribution in [1.82, 2.24) is 0 Å². The summed E-state index contributed by atoms with van der Waals surface area (Å²) in [6.45, 7) is 1.71. The molecule has 1 N–H and O–H groups in total. The van der Waals surface area contributed by atoms with Gasteiger partial charge in [-0.25, -0.2) is 0 Å². The van der Waals surface area contributed by atoms with E-state index in [-0.39, 0.29) is 12.3 Å². The van der Waals surface area contributed by atoms with E-state index < -0.39 is 11.4 Å². The largest absolute Gasteiger partial charge is 0.481 e. The Kier molecular flexibility index (Phi) is 3.67. The van der Waals surface area contributed by atoms with Gasteiger partial charge in [-0.15, -0.1) is 0 Å². The Labute approximate surface area is 84.5 Å². The third kappa shape index (κ3) is 2.14. The minimum atomic E-state index is -0.831. The van der Waals surface area contributed by atoms with E-state index in [1.165, 1.54) is 6.42 Å². The zero-order chi connectivity index (χ0) is 10.6. The van der Waals surface area contributed by atoms with Crippen LogP contribution in [0.25, 0.3) is 0 Å². The summed E-state index contributed by atoms with van der Waals surface area (Å²) in [6.07, 6.45) is 6.20. The van der Waals surface area contributed by atoms with Crippen molar-refractivity contribution in [2.75, 3.05) is 0 Å². The van der Waals surface area contributed by atoms with Crippen LogP contribution in [-0.4, -0.2) is 17.4 Å². The standard InChI is InChI=1S/C11H18O3/c1-11(7-8-12,10(13)14)9-5-3-2-4-6-9/h8-9H,2-7H2,1H3,(H,13,14). The Morgan fingerprint density at radius 2 is 2.00 bits per heavy atom. The number of hydrogen-bond acceptors (Lipinski definition) is 2. The Bertz CT molecular complexity index is 219. The molecule has 0 amide bonds. The van der Waals surface area contributed by atoms with Gasteiger partial charge in [0.15, 0.2) is 0 Å². The van der Waals surface area contributed by atoms with Crippen molar-refractivity contribution >= 4 is 12.3 Å². The van der Waals surface area contributed by atoms with Gasteiger partial charge in [0.25, 0.3) is 0 Å². The molecule has 0 aromatic heterocycles. The van der Waals surface area contributed by atoms with Gasteiger partial charge in [0.2, 0.25) is 0 Å². The molecule has 1 rings (SSSR count). The lowest BCUT2D eigenvalue weighted by Gasteiger charge is -2.35. The normalized spacial score (nSPS) is 22.6. The Morgan fingerprint density at radius 3 is 2.43 bits per heavy atom. The van der Waals surface area contributed by atoms with Gasteiger partial charge < -0.3 is 9.90 Å². The van der Waals surface area contributed by atoms with Gasteiger partial charge >= 0.3 is 5.97 Å². The smallest absolute Gasteiger partial charge is 0.310 e. The first-order valence-electron chi connectivity index (χ1n) is 5.28. The summed E-state index contributed by atoms with van der Waals surface area (Å²) in [7, 11) is 0. The first kappa shape index (κ1) is 11.2. The van der Waals surface area contributed by atoms with Gasteiger partial charge in [0, 0.05) is 6.42 Å². The molecular weight excluding hydrogens is 180 g/mol. The zero-order valence-electron chi connectivity index (χ0n) is 8.66. The van der Waals surface area contributed by atoms with E-state index in [9.17, 15) is 9.59 Å². The minimum absolute atomic E-state index is 0.146. The van der Waals surface area contributed by atoms with Crippen molar-refractivity contribution in [3.05, 3.63) is 0 Å². The zero-order valence-corrected chi connectivity index (χ0v) is 8.66. The molecule has 0 heterocycles. The van der Waals surface area contributed by atoms with Crippen LogP contribution in [-0.2, 0) is 9.59 Å². The first-order chi connectivity index (χ1) is 6.61. The number of aliphatic carboxylic acids is 1. The molecule has 0 radical (unpaired) electrons. The highest BCUT2D eigenvalue weighted by Gasteiger charge is 2.41. The van der Waals surface area contributed by atoms with Crippen molar-refractivity contribution in [3.8, 4) is 0 Å². The SMILES string of the molecule is CC(CC=O)(C(=O)O)C1CCCCC1. The highest BCUT2D eigenvalue weighted by Crippen LogP contribution is 2.40. The van der Waals surface area contributed by atoms with Crippen LogP contribution in [0.2, 0.25) is 0 Å². The van der Waals surface area contributed by atoms with Crippen molar-refractivity contribution in [2.45, 2.75) is 45.4 Å². The summed E-state index contributed by atoms with van der Waals surface area (Å²) < 4.78 is 0. The average molecular weight is 198 g/mol. The summed E-state index contributed by atoms with van der Waals surface area (Å²) in [5.41, 5.74) is -0.831. The van der Waals surface area contributed by atoms with Crippen LogP contribution >= 0.6 is 0 Å². The van der Waals surface area contributed by atoms with Gasteiger partial charge in [-0.1, -0.05) is 19.3 Å². The molecule has 0 aliphatic heterocycles. The lowest BCUT2D eigenvalue weighted by molar-refractivity contribution is -0.153. The van der Waals surface area contributed by atoms with E-state index in [1.54, 1.807) is 6.92 Å². The highest BCUT2D eigenvalue weighted by molar-refractivity contribution is 5.78. The van der Waals surface area contributed by atoms with E-state index >= 15 is 0 Å². The summed E-state index contributed by atoms with van der Waals surface area (Å²) >= 11 is 0. The maximum absolute atomic E-state index is 11.2. The predicted octanol–water partition coefficient (Wildman–Crippen LogP) is 2.25. The molecule has 1 saturated carbocycles. The molecule has 1 aliphatic rings. The van der Waals surface area contributed by atoms with E-state index in [2.05, 4.69) is 0 Å². The van der Waals surface area contributed by atoms with Crippen molar-refractivity contribution in [3.63, 3.8) is 0 Å². The molecule has 0 aromatic carbocycles. The molecule has 0 saturated heterocycles. The maximum atomic E-state index is 11.2. The van der Waals surface area contributed by atoms with E-state index in [4.69, 9.17) is 5.11 Å². The number of carboxylic acid groups (broad SMARTS) is 1. The second-order valence-electron chi connectivity index (χ2n) is 4.43. The molecule has 1 atom stereocenters. The third-order valence-electron chi connectivity index (χ3n) is 3.50. The molecule has 0 aromatic rings. The Morgan fingerprint density at radius 1 is 1.43 bits per heavy atom. The van der Waals surface area contributed by atoms with Crippen LogP contribution in [0, 0.1) is 11.3 Å². The van der Waals surface area contributed by atoms with Crippen LogP contribution in [0.15, 0.2) is 0 Å². The second-order valence-corrected chi connectivity index (χ2v) is 4.43. The molecule has 0 bridgehead atoms. The lowest BCUT2D eigenvalue weighted by Crippen LogP contribution is -2.37. The Balaban J connectivity index is 2.74. The quantitative estimate of drug-likeness (QED) is 0.705. The van der Waals surface area contributed by atoms with E-state index in [0.717, 1.165) is 32.0 Å². The third-order valence-corrected chi connectivity index (χ3v) is 3.50. The minimum Gasteiger partial charge on any atom is -0.481 e. The number of carbonyl (C=O) groups is 2. The highest BCUT2D eigenvalue weighted by atomic mass is 16.4. The summed E-state index contributed by atoms with van der Waals surface area (Å²) in [5.74, 6) is -0.643. The first-order valence-corrected chi connectivity index (χ1v) is 5.28. The molecule has 1 fully saturated rings. The summed E-state index contributed by atoms with van der Waals surface area (Å²) in [4.78, 5) is 21.7. The average Bonchev–Trinajstić information content (AvgIpc) is 2.19. The fourth-order valence-electron chi connectivity index (χ4n) is 2.34. The molecule has 3 nitrogen and oxygen atoms in total. The molecule has 1 aliphatic carbocycles. The van der Waals surface area contributed by atoms with Crippen molar-refractivity contribution in [1.29, 1.82) is 0 Å². The Hall–Kier alpha value is -0.860. The van der Waals surface area contributed by atoms with E-state index in [1.807, 2.05) is 0 Å². The summed E-state index contributed by atoms with van der Waals surface area (Å²) in [5, 5.41) is 9.16. The fraction of sp³-hybridized carbons (Fsp3) is 0.818. The van der Waals surface area contributed by atoms with Gasteiger partial charge in [-0.2, -0.15) is 0 Å². The molecule has 1 unspecified atom stereocenters. The number of rotatable bonds is 4. The number of carbonyl (C=O) groups excluding carboxylic acids is 1. The van der Waals surface area contributed by atoms with Gasteiger partial charge in [-0.3, -0.25) is 4.79 Å². The van der Waals surface area contributed by atoms with Crippen LogP contribution in [0.4, 0.5) is 0 Å². The van der Waals surface area contributed by atoms with Gasteiger partial charge in [0.05, 0.1) is 5.41 Å². The number of aldehydes is 1. The van der Waals surface area contributed by atoms with Crippen LogP contribution in [0.5, 0.6) is 0 Å². The monoisotopic (exact) mass is 198 g/mol. The molecule has 3 heteroatoms. The predicted molar refractivity (Wildman–Crippen MR) is 53.0 cm³/mol.